The molecule has 4 nitrogen and oxygen atoms in total. The Morgan fingerprint density at radius 1 is 1.04 bits per heavy atom. The van der Waals surface area contributed by atoms with Gasteiger partial charge in [-0.05, 0) is 37.1 Å². The number of benzene rings is 2. The zero-order valence-electron chi connectivity index (χ0n) is 15.1. The van der Waals surface area contributed by atoms with Crippen molar-refractivity contribution in [1.82, 2.24) is 0 Å². The molecule has 0 saturated heterocycles. The summed E-state index contributed by atoms with van der Waals surface area (Å²) in [6, 6.07) is 17.3. The summed E-state index contributed by atoms with van der Waals surface area (Å²) < 4.78 is 5.25. The van der Waals surface area contributed by atoms with Crippen LogP contribution in [-0.2, 0) is 0 Å². The van der Waals surface area contributed by atoms with Gasteiger partial charge in [-0.3, -0.25) is 9.79 Å². The van der Waals surface area contributed by atoms with Crippen LogP contribution in [0, 0.1) is 0 Å². The molecule has 0 bridgehead atoms. The van der Waals surface area contributed by atoms with Gasteiger partial charge in [-0.15, -0.1) is 17.0 Å². The molecule has 26 heavy (non-hydrogen) atoms. The summed E-state index contributed by atoms with van der Waals surface area (Å²) in [5.41, 5.74) is 1.71. The van der Waals surface area contributed by atoms with E-state index in [4.69, 9.17) is 9.73 Å². The van der Waals surface area contributed by atoms with Crippen LogP contribution in [0.4, 0.5) is 5.69 Å². The minimum atomic E-state index is 0. The number of carbonyl (C=O) groups excluding carboxylic acids is 1. The molecular formula is C21H25BrN2O2. The topological polar surface area (TPSA) is 41.9 Å². The van der Waals surface area contributed by atoms with Crippen molar-refractivity contribution < 1.29 is 9.53 Å². The van der Waals surface area contributed by atoms with Crippen molar-refractivity contribution in [2.75, 3.05) is 25.1 Å². The standard InChI is InChI=1S/C21H24N2O2.BrH/c1-25-19-13-11-18(12-14-19)23(21-10-6-3-7-15-22-21)16-20(24)17-8-4-2-5-9-17;/h2,4-5,8-9,11-14H,3,6-7,10,15-16H2,1H3;1H. The van der Waals surface area contributed by atoms with Crippen LogP contribution in [0.3, 0.4) is 0 Å². The van der Waals surface area contributed by atoms with Crippen molar-refractivity contribution >= 4 is 34.3 Å². The quantitative estimate of drug-likeness (QED) is 0.648. The molecular weight excluding hydrogens is 392 g/mol. The molecule has 0 saturated carbocycles. The first-order chi connectivity index (χ1) is 12.3. The maximum absolute atomic E-state index is 12.8. The number of ether oxygens (including phenoxy) is 1. The zero-order valence-corrected chi connectivity index (χ0v) is 16.8. The molecule has 1 aliphatic heterocycles. The van der Waals surface area contributed by atoms with E-state index in [1.807, 2.05) is 54.6 Å². The Kier molecular flexibility index (Phi) is 7.85. The van der Waals surface area contributed by atoms with Gasteiger partial charge in [0.1, 0.15) is 11.6 Å². The third-order valence-electron chi connectivity index (χ3n) is 4.45. The van der Waals surface area contributed by atoms with Gasteiger partial charge in [0.05, 0.1) is 13.7 Å². The molecule has 2 aromatic rings. The van der Waals surface area contributed by atoms with Crippen molar-refractivity contribution in [3.05, 3.63) is 60.2 Å². The summed E-state index contributed by atoms with van der Waals surface area (Å²) in [6.07, 6.45) is 4.34. The van der Waals surface area contributed by atoms with Gasteiger partial charge in [-0.1, -0.05) is 36.8 Å². The molecule has 0 spiro atoms. The number of halogens is 1. The molecule has 2 aromatic carbocycles. The van der Waals surface area contributed by atoms with Gasteiger partial charge in [-0.2, -0.15) is 0 Å². The first-order valence-electron chi connectivity index (χ1n) is 8.81. The minimum absolute atomic E-state index is 0. The van der Waals surface area contributed by atoms with E-state index in [-0.39, 0.29) is 22.8 Å². The minimum Gasteiger partial charge on any atom is -0.497 e. The van der Waals surface area contributed by atoms with E-state index >= 15 is 0 Å². The number of amidine groups is 1. The smallest absolute Gasteiger partial charge is 0.182 e. The number of ketones is 1. The van der Waals surface area contributed by atoms with Crippen molar-refractivity contribution in [1.29, 1.82) is 0 Å². The van der Waals surface area contributed by atoms with E-state index in [0.717, 1.165) is 48.6 Å². The second-order valence-corrected chi connectivity index (χ2v) is 6.18. The largest absolute Gasteiger partial charge is 0.497 e. The number of aliphatic imine (C=N–C) groups is 1. The molecule has 0 unspecified atom stereocenters. The van der Waals surface area contributed by atoms with Gasteiger partial charge >= 0.3 is 0 Å². The van der Waals surface area contributed by atoms with E-state index < -0.39 is 0 Å². The average molecular weight is 417 g/mol. The maximum atomic E-state index is 12.8. The SMILES string of the molecule is Br.COc1ccc(N(CC(=O)c2ccccc2)C2=NCCCCC2)cc1. The van der Waals surface area contributed by atoms with E-state index in [2.05, 4.69) is 4.90 Å². The predicted molar refractivity (Wildman–Crippen MR) is 112 cm³/mol. The van der Waals surface area contributed by atoms with E-state index in [0.29, 0.717) is 6.54 Å². The number of nitrogens with zero attached hydrogens (tertiary/aromatic N) is 2. The van der Waals surface area contributed by atoms with Crippen molar-refractivity contribution in [2.24, 2.45) is 4.99 Å². The van der Waals surface area contributed by atoms with Crippen LogP contribution in [0.5, 0.6) is 5.75 Å². The lowest BCUT2D eigenvalue weighted by Crippen LogP contribution is -2.35. The number of carbonyl (C=O) groups is 1. The van der Waals surface area contributed by atoms with Crippen LogP contribution in [0.1, 0.15) is 36.0 Å². The molecule has 0 atom stereocenters. The fourth-order valence-electron chi connectivity index (χ4n) is 3.03. The summed E-state index contributed by atoms with van der Waals surface area (Å²) >= 11 is 0. The lowest BCUT2D eigenvalue weighted by molar-refractivity contribution is 0.100. The normalized spacial score (nSPS) is 13.8. The lowest BCUT2D eigenvalue weighted by Gasteiger charge is -2.26. The summed E-state index contributed by atoms with van der Waals surface area (Å²) in [5, 5.41) is 0. The Morgan fingerprint density at radius 2 is 1.77 bits per heavy atom. The van der Waals surface area contributed by atoms with Crippen LogP contribution >= 0.6 is 17.0 Å². The monoisotopic (exact) mass is 416 g/mol. The van der Waals surface area contributed by atoms with Gasteiger partial charge in [0.2, 0.25) is 0 Å². The highest BCUT2D eigenvalue weighted by molar-refractivity contribution is 8.93. The third kappa shape index (κ3) is 5.18. The van der Waals surface area contributed by atoms with Gasteiger partial charge in [-0.25, -0.2) is 0 Å². The Bertz CT molecular complexity index is 729. The highest BCUT2D eigenvalue weighted by Gasteiger charge is 2.19. The Morgan fingerprint density at radius 3 is 2.46 bits per heavy atom. The summed E-state index contributed by atoms with van der Waals surface area (Å²) in [6.45, 7) is 1.14. The van der Waals surface area contributed by atoms with Gasteiger partial charge in [0.25, 0.3) is 0 Å². The molecule has 3 rings (SSSR count). The van der Waals surface area contributed by atoms with Crippen LogP contribution in [0.2, 0.25) is 0 Å². The number of Topliss-reactive ketones (excluding diaryl/α,β-unsaturated/α-hetero) is 1. The molecule has 0 fully saturated rings. The molecule has 138 valence electrons. The fourth-order valence-corrected chi connectivity index (χ4v) is 3.03. The number of anilines is 1. The van der Waals surface area contributed by atoms with E-state index in [1.54, 1.807) is 7.11 Å². The highest BCUT2D eigenvalue weighted by atomic mass is 79.9. The molecule has 0 aliphatic carbocycles. The lowest BCUT2D eigenvalue weighted by atomic mass is 10.1. The van der Waals surface area contributed by atoms with Gasteiger partial charge in [0, 0.05) is 24.2 Å². The third-order valence-corrected chi connectivity index (χ3v) is 4.45. The van der Waals surface area contributed by atoms with Gasteiger partial charge in [0.15, 0.2) is 5.78 Å². The second-order valence-electron chi connectivity index (χ2n) is 6.18. The Hall–Kier alpha value is -2.14. The number of hydrogen-bond acceptors (Lipinski definition) is 4. The summed E-state index contributed by atoms with van der Waals surface area (Å²) in [7, 11) is 1.65. The van der Waals surface area contributed by atoms with Gasteiger partial charge < -0.3 is 9.64 Å². The highest BCUT2D eigenvalue weighted by Crippen LogP contribution is 2.23. The Labute approximate surface area is 165 Å². The molecule has 1 heterocycles. The molecule has 0 aromatic heterocycles. The molecule has 0 N–H and O–H groups in total. The van der Waals surface area contributed by atoms with Crippen LogP contribution in [0.25, 0.3) is 0 Å². The van der Waals surface area contributed by atoms with Crippen LogP contribution < -0.4 is 9.64 Å². The molecule has 5 heteroatoms. The van der Waals surface area contributed by atoms with E-state index in [1.165, 1.54) is 6.42 Å². The Balaban J connectivity index is 0.00000243. The van der Waals surface area contributed by atoms with Crippen molar-refractivity contribution in [2.45, 2.75) is 25.7 Å². The maximum Gasteiger partial charge on any atom is 0.182 e. The first-order valence-corrected chi connectivity index (χ1v) is 8.81. The molecule has 0 radical (unpaired) electrons. The average Bonchev–Trinajstić information content (AvgIpc) is 2.96. The zero-order chi connectivity index (χ0) is 17.5. The van der Waals surface area contributed by atoms with Crippen molar-refractivity contribution in [3.63, 3.8) is 0 Å². The van der Waals surface area contributed by atoms with Crippen LogP contribution in [-0.4, -0.2) is 31.8 Å². The number of hydrogen-bond donors (Lipinski definition) is 0. The summed E-state index contributed by atoms with van der Waals surface area (Å²) in [5.74, 6) is 1.91. The first kappa shape index (κ1) is 20.2. The molecule has 1 aliphatic rings. The second kappa shape index (κ2) is 10.1. The number of methoxy groups -OCH3 is 1. The van der Waals surface area contributed by atoms with Crippen molar-refractivity contribution in [3.8, 4) is 5.75 Å². The summed E-state index contributed by atoms with van der Waals surface area (Å²) in [4.78, 5) is 19.6. The van der Waals surface area contributed by atoms with E-state index in [9.17, 15) is 4.79 Å². The van der Waals surface area contributed by atoms with Crippen LogP contribution in [0.15, 0.2) is 59.6 Å². The number of rotatable bonds is 5. The molecule has 0 amide bonds. The fraction of sp³-hybridized carbons (Fsp3) is 0.333. The predicted octanol–water partition coefficient (Wildman–Crippen LogP) is 4.93.